The Balaban J connectivity index is 1.58. The van der Waals surface area contributed by atoms with Gasteiger partial charge in [-0.3, -0.25) is 4.79 Å². The van der Waals surface area contributed by atoms with E-state index >= 15 is 0 Å². The van der Waals surface area contributed by atoms with Crippen molar-refractivity contribution in [2.45, 2.75) is 72.3 Å². The van der Waals surface area contributed by atoms with Crippen molar-refractivity contribution < 1.29 is 4.79 Å². The molecule has 1 N–H and O–H groups in total. The van der Waals surface area contributed by atoms with Crippen LogP contribution in [0.3, 0.4) is 0 Å². The Kier molecular flexibility index (Phi) is 3.00. The van der Waals surface area contributed by atoms with E-state index in [9.17, 15) is 4.79 Å². The highest BCUT2D eigenvalue weighted by Crippen LogP contribution is 2.54. The first-order chi connectivity index (χ1) is 8.74. The fraction of sp³-hybridized carbons (Fsp3) is 0.941. The first kappa shape index (κ1) is 13.5. The van der Waals surface area contributed by atoms with Crippen molar-refractivity contribution in [3.8, 4) is 0 Å². The molecule has 19 heavy (non-hydrogen) atoms. The van der Waals surface area contributed by atoms with Crippen LogP contribution in [0.4, 0.5) is 0 Å². The fourth-order valence-electron chi connectivity index (χ4n) is 5.20. The van der Waals surface area contributed by atoms with Gasteiger partial charge in [-0.15, -0.1) is 0 Å². The van der Waals surface area contributed by atoms with Gasteiger partial charge >= 0.3 is 0 Å². The second-order valence-corrected chi connectivity index (χ2v) is 9.04. The van der Waals surface area contributed by atoms with Gasteiger partial charge in [0.15, 0.2) is 0 Å². The fourth-order valence-corrected chi connectivity index (χ4v) is 5.20. The Morgan fingerprint density at radius 1 is 0.947 bits per heavy atom. The van der Waals surface area contributed by atoms with Crippen LogP contribution in [0.1, 0.15) is 66.2 Å². The van der Waals surface area contributed by atoms with Crippen molar-refractivity contribution in [3.63, 3.8) is 0 Å². The number of fused-ring (bicyclic) bond motifs is 1. The topological polar surface area (TPSA) is 29.1 Å². The van der Waals surface area contributed by atoms with Crippen LogP contribution in [0.15, 0.2) is 0 Å². The molecule has 2 unspecified atom stereocenters. The van der Waals surface area contributed by atoms with Gasteiger partial charge in [-0.2, -0.15) is 0 Å². The number of carbonyl (C=O) groups is 1. The molecule has 2 heteroatoms. The lowest BCUT2D eigenvalue weighted by molar-refractivity contribution is -0.126. The summed E-state index contributed by atoms with van der Waals surface area (Å²) in [6.07, 6.45) is 7.27. The molecule has 0 heterocycles. The van der Waals surface area contributed by atoms with E-state index in [1.54, 1.807) is 0 Å². The van der Waals surface area contributed by atoms with E-state index in [4.69, 9.17) is 0 Å². The summed E-state index contributed by atoms with van der Waals surface area (Å²) in [6.45, 7) is 9.38. The normalized spacial score (nSPS) is 39.7. The van der Waals surface area contributed by atoms with Crippen LogP contribution in [0, 0.1) is 28.6 Å². The molecule has 108 valence electrons. The van der Waals surface area contributed by atoms with Crippen LogP contribution >= 0.6 is 0 Å². The maximum Gasteiger partial charge on any atom is 0.223 e. The van der Waals surface area contributed by atoms with Crippen LogP contribution in [0.5, 0.6) is 0 Å². The Hall–Kier alpha value is -0.530. The van der Waals surface area contributed by atoms with E-state index in [1.807, 2.05) is 0 Å². The summed E-state index contributed by atoms with van der Waals surface area (Å²) in [7, 11) is 0. The van der Waals surface area contributed by atoms with E-state index < -0.39 is 0 Å². The minimum Gasteiger partial charge on any atom is -0.353 e. The van der Waals surface area contributed by atoms with Crippen molar-refractivity contribution >= 4 is 5.91 Å². The molecule has 2 nitrogen and oxygen atoms in total. The zero-order valence-electron chi connectivity index (χ0n) is 13.0. The molecule has 3 aliphatic carbocycles. The van der Waals surface area contributed by atoms with Crippen molar-refractivity contribution in [1.29, 1.82) is 0 Å². The quantitative estimate of drug-likeness (QED) is 0.807. The lowest BCUT2D eigenvalue weighted by Crippen LogP contribution is -2.47. The molecule has 0 saturated heterocycles. The Morgan fingerprint density at radius 2 is 1.47 bits per heavy atom. The molecule has 3 aliphatic rings. The number of hydrogen-bond acceptors (Lipinski definition) is 1. The van der Waals surface area contributed by atoms with Crippen LogP contribution in [-0.2, 0) is 4.79 Å². The third-order valence-electron chi connectivity index (χ3n) is 5.52. The maximum atomic E-state index is 12.4. The largest absolute Gasteiger partial charge is 0.353 e. The van der Waals surface area contributed by atoms with Gasteiger partial charge in [0.1, 0.15) is 0 Å². The molecule has 0 radical (unpaired) electrons. The zero-order chi connectivity index (χ0) is 13.8. The lowest BCUT2D eigenvalue weighted by Gasteiger charge is -2.45. The predicted molar refractivity (Wildman–Crippen MR) is 77.7 cm³/mol. The Morgan fingerprint density at radius 3 is 2.00 bits per heavy atom. The van der Waals surface area contributed by atoms with Crippen LogP contribution in [-0.4, -0.2) is 11.9 Å². The number of carbonyl (C=O) groups excluding carboxylic acids is 1. The first-order valence-corrected chi connectivity index (χ1v) is 8.05. The number of amides is 1. The standard InChI is InChI=1S/C17H29NO/c1-16(2)8-14(9-17(3,4)10-16)18-15(19)13-6-11-5-12(11)7-13/h11-14H,5-10H2,1-4H3,(H,18,19). The molecule has 3 fully saturated rings. The van der Waals surface area contributed by atoms with Gasteiger partial charge in [0.05, 0.1) is 0 Å². The molecule has 0 aromatic heterocycles. The van der Waals surface area contributed by atoms with Crippen molar-refractivity contribution in [2.24, 2.45) is 28.6 Å². The van der Waals surface area contributed by atoms with Gasteiger partial charge in [-0.05, 0) is 61.2 Å². The number of hydrogen-bond donors (Lipinski definition) is 1. The van der Waals surface area contributed by atoms with Crippen molar-refractivity contribution in [1.82, 2.24) is 5.32 Å². The molecule has 0 bridgehead atoms. The highest BCUT2D eigenvalue weighted by molar-refractivity contribution is 5.79. The summed E-state index contributed by atoms with van der Waals surface area (Å²) in [4.78, 5) is 12.4. The van der Waals surface area contributed by atoms with Gasteiger partial charge in [0, 0.05) is 12.0 Å². The highest BCUT2D eigenvalue weighted by Gasteiger charge is 2.48. The van der Waals surface area contributed by atoms with Crippen LogP contribution < -0.4 is 5.32 Å². The van der Waals surface area contributed by atoms with Gasteiger partial charge < -0.3 is 5.32 Å². The van der Waals surface area contributed by atoms with E-state index in [0.29, 0.717) is 28.7 Å². The second-order valence-electron chi connectivity index (χ2n) is 9.04. The summed E-state index contributed by atoms with van der Waals surface area (Å²) in [5.41, 5.74) is 0.717. The molecule has 0 aliphatic heterocycles. The summed E-state index contributed by atoms with van der Waals surface area (Å²) in [6, 6.07) is 0.392. The van der Waals surface area contributed by atoms with Crippen LogP contribution in [0.2, 0.25) is 0 Å². The van der Waals surface area contributed by atoms with Gasteiger partial charge in [-0.1, -0.05) is 27.7 Å². The molecule has 0 spiro atoms. The summed E-state index contributed by atoms with van der Waals surface area (Å²) < 4.78 is 0. The average Bonchev–Trinajstić information content (AvgIpc) is 2.80. The smallest absolute Gasteiger partial charge is 0.223 e. The van der Waals surface area contributed by atoms with E-state index in [1.165, 1.54) is 12.8 Å². The van der Waals surface area contributed by atoms with Gasteiger partial charge in [0.2, 0.25) is 5.91 Å². The molecular formula is C17H29NO. The van der Waals surface area contributed by atoms with E-state index in [0.717, 1.165) is 37.5 Å². The van der Waals surface area contributed by atoms with Crippen molar-refractivity contribution in [3.05, 3.63) is 0 Å². The summed E-state index contributed by atoms with van der Waals surface area (Å²) >= 11 is 0. The van der Waals surface area contributed by atoms with Crippen molar-refractivity contribution in [2.75, 3.05) is 0 Å². The minimum atomic E-state index is 0.330. The SMILES string of the molecule is CC1(C)CC(NC(=O)C2CC3CC3C2)CC(C)(C)C1. The molecule has 1 amide bonds. The predicted octanol–water partition coefficient (Wildman–Crippen LogP) is 3.75. The molecule has 0 aromatic rings. The maximum absolute atomic E-state index is 12.4. The lowest BCUT2D eigenvalue weighted by atomic mass is 9.63. The number of rotatable bonds is 2. The second kappa shape index (κ2) is 4.23. The molecular weight excluding hydrogens is 234 g/mol. The van der Waals surface area contributed by atoms with Crippen LogP contribution in [0.25, 0.3) is 0 Å². The Bertz CT molecular complexity index is 359. The molecule has 2 atom stereocenters. The third kappa shape index (κ3) is 2.98. The highest BCUT2D eigenvalue weighted by atomic mass is 16.1. The third-order valence-corrected chi connectivity index (χ3v) is 5.52. The van der Waals surface area contributed by atoms with E-state index in [2.05, 4.69) is 33.0 Å². The monoisotopic (exact) mass is 263 g/mol. The molecule has 3 saturated carbocycles. The first-order valence-electron chi connectivity index (χ1n) is 8.05. The van der Waals surface area contributed by atoms with Gasteiger partial charge in [-0.25, -0.2) is 0 Å². The summed E-state index contributed by atoms with van der Waals surface area (Å²) in [5.74, 6) is 2.48. The summed E-state index contributed by atoms with van der Waals surface area (Å²) in [5, 5.41) is 3.37. The average molecular weight is 263 g/mol. The van der Waals surface area contributed by atoms with Gasteiger partial charge in [0.25, 0.3) is 0 Å². The Labute approximate surface area is 117 Å². The molecule has 3 rings (SSSR count). The number of nitrogens with one attached hydrogen (secondary N) is 1. The minimum absolute atomic E-state index is 0.330. The zero-order valence-corrected chi connectivity index (χ0v) is 13.0. The molecule has 0 aromatic carbocycles. The van der Waals surface area contributed by atoms with E-state index in [-0.39, 0.29) is 0 Å².